The molecule has 3 rings (SSSR count). The third kappa shape index (κ3) is 3.90. The fraction of sp³-hybridized carbons (Fsp3) is 0.158. The Kier molecular flexibility index (Phi) is 5.30. The Labute approximate surface area is 155 Å². The second-order valence-electron chi connectivity index (χ2n) is 5.58. The number of benzene rings is 2. The van der Waals surface area contributed by atoms with E-state index in [4.69, 9.17) is 21.3 Å². The number of aromatic nitrogens is 2. The maximum Gasteiger partial charge on any atom is 0.251 e. The number of nitrogens with zero attached hydrogens (tertiary/aromatic N) is 3. The fourth-order valence-corrected chi connectivity index (χ4v) is 2.52. The van der Waals surface area contributed by atoms with E-state index in [1.807, 2.05) is 6.92 Å². The van der Waals surface area contributed by atoms with Crippen LogP contribution < -0.4 is 5.32 Å². The second-order valence-corrected chi connectivity index (χ2v) is 6.02. The molecule has 0 aliphatic rings. The number of carbonyl (C=O) groups is 1. The van der Waals surface area contributed by atoms with E-state index in [1.54, 1.807) is 48.5 Å². The average Bonchev–Trinajstić information content (AvgIpc) is 3.16. The van der Waals surface area contributed by atoms with Crippen molar-refractivity contribution in [2.24, 2.45) is 0 Å². The van der Waals surface area contributed by atoms with Gasteiger partial charge in [-0.05, 0) is 48.9 Å². The molecule has 1 N–H and O–H groups in total. The van der Waals surface area contributed by atoms with Gasteiger partial charge in [-0.3, -0.25) is 4.79 Å². The van der Waals surface area contributed by atoms with Crippen molar-refractivity contribution in [2.75, 3.05) is 0 Å². The molecular formula is C19H15ClN4O2. The number of hydrogen-bond acceptors (Lipinski definition) is 5. The maximum absolute atomic E-state index is 12.4. The lowest BCUT2D eigenvalue weighted by atomic mass is 10.1. The molecule has 7 heteroatoms. The van der Waals surface area contributed by atoms with Gasteiger partial charge in [0, 0.05) is 16.1 Å². The summed E-state index contributed by atoms with van der Waals surface area (Å²) in [7, 11) is 0. The van der Waals surface area contributed by atoms with Crippen LogP contribution >= 0.6 is 11.6 Å². The molecule has 0 radical (unpaired) electrons. The highest BCUT2D eigenvalue weighted by Gasteiger charge is 2.20. The van der Waals surface area contributed by atoms with Gasteiger partial charge in [0.2, 0.25) is 11.8 Å². The van der Waals surface area contributed by atoms with Crippen molar-refractivity contribution in [2.45, 2.75) is 19.4 Å². The third-order valence-electron chi connectivity index (χ3n) is 3.80. The predicted octanol–water partition coefficient (Wildman–Crippen LogP) is 4.14. The van der Waals surface area contributed by atoms with Gasteiger partial charge >= 0.3 is 0 Å². The number of halogens is 1. The molecule has 1 atom stereocenters. The molecule has 0 spiro atoms. The summed E-state index contributed by atoms with van der Waals surface area (Å²) in [4.78, 5) is 12.4. The smallest absolute Gasteiger partial charge is 0.251 e. The summed E-state index contributed by atoms with van der Waals surface area (Å²) in [5.74, 6) is 0.364. The van der Waals surface area contributed by atoms with Crippen LogP contribution in [0.2, 0.25) is 5.02 Å². The lowest BCUT2D eigenvalue weighted by Gasteiger charge is -2.13. The number of amides is 1. The molecule has 0 fully saturated rings. The molecule has 0 saturated carbocycles. The second kappa shape index (κ2) is 7.81. The summed E-state index contributed by atoms with van der Waals surface area (Å²) in [5.41, 5.74) is 1.65. The topological polar surface area (TPSA) is 91.8 Å². The number of hydrogen-bond donors (Lipinski definition) is 1. The van der Waals surface area contributed by atoms with Gasteiger partial charge in [-0.15, -0.1) is 10.2 Å². The van der Waals surface area contributed by atoms with Crippen molar-refractivity contribution in [3.63, 3.8) is 0 Å². The minimum atomic E-state index is -0.418. The SMILES string of the molecule is CC[C@@H](NC(=O)c1ccc(Cl)cc1)c1nnc(-c2cccc(C#N)c2)o1. The minimum Gasteiger partial charge on any atom is -0.418 e. The molecule has 0 saturated heterocycles. The van der Waals surface area contributed by atoms with Crippen molar-refractivity contribution in [1.29, 1.82) is 5.26 Å². The third-order valence-corrected chi connectivity index (χ3v) is 4.05. The predicted molar refractivity (Wildman–Crippen MR) is 96.4 cm³/mol. The summed E-state index contributed by atoms with van der Waals surface area (Å²) >= 11 is 5.84. The van der Waals surface area contributed by atoms with Crippen molar-refractivity contribution >= 4 is 17.5 Å². The molecule has 0 unspecified atom stereocenters. The van der Waals surface area contributed by atoms with E-state index in [-0.39, 0.29) is 5.91 Å². The highest BCUT2D eigenvalue weighted by atomic mass is 35.5. The Morgan fingerprint density at radius 3 is 2.73 bits per heavy atom. The molecule has 6 nitrogen and oxygen atoms in total. The van der Waals surface area contributed by atoms with Gasteiger partial charge in [-0.1, -0.05) is 24.6 Å². The molecule has 1 heterocycles. The van der Waals surface area contributed by atoms with E-state index in [1.165, 1.54) is 0 Å². The van der Waals surface area contributed by atoms with E-state index < -0.39 is 6.04 Å². The zero-order valence-corrected chi connectivity index (χ0v) is 14.7. The lowest BCUT2D eigenvalue weighted by molar-refractivity contribution is 0.0929. The maximum atomic E-state index is 12.4. The van der Waals surface area contributed by atoms with Gasteiger partial charge in [0.1, 0.15) is 6.04 Å². The monoisotopic (exact) mass is 366 g/mol. The fourth-order valence-electron chi connectivity index (χ4n) is 2.40. The van der Waals surface area contributed by atoms with Gasteiger partial charge in [0.15, 0.2) is 0 Å². The van der Waals surface area contributed by atoms with Crippen molar-refractivity contribution < 1.29 is 9.21 Å². The summed E-state index contributed by atoms with van der Waals surface area (Å²) in [6.07, 6.45) is 0.583. The van der Waals surface area contributed by atoms with Gasteiger partial charge in [-0.2, -0.15) is 5.26 Å². The van der Waals surface area contributed by atoms with E-state index in [0.717, 1.165) is 0 Å². The van der Waals surface area contributed by atoms with Crippen LogP contribution in [-0.4, -0.2) is 16.1 Å². The van der Waals surface area contributed by atoms with Gasteiger partial charge in [0.25, 0.3) is 5.91 Å². The highest BCUT2D eigenvalue weighted by Crippen LogP contribution is 2.23. The Morgan fingerprint density at radius 2 is 2.04 bits per heavy atom. The van der Waals surface area contributed by atoms with Crippen LogP contribution in [0.3, 0.4) is 0 Å². The average molecular weight is 367 g/mol. The first-order valence-electron chi connectivity index (χ1n) is 8.01. The van der Waals surface area contributed by atoms with Crippen LogP contribution in [0, 0.1) is 11.3 Å². The minimum absolute atomic E-state index is 0.250. The zero-order valence-electron chi connectivity index (χ0n) is 13.9. The van der Waals surface area contributed by atoms with E-state index in [2.05, 4.69) is 21.6 Å². The number of nitriles is 1. The van der Waals surface area contributed by atoms with Gasteiger partial charge in [0.05, 0.1) is 11.6 Å². The molecule has 1 aromatic heterocycles. The summed E-state index contributed by atoms with van der Waals surface area (Å²) in [6.45, 7) is 1.91. The lowest BCUT2D eigenvalue weighted by Crippen LogP contribution is -2.28. The molecule has 0 aliphatic heterocycles. The van der Waals surface area contributed by atoms with E-state index >= 15 is 0 Å². The first-order chi connectivity index (χ1) is 12.6. The molecule has 130 valence electrons. The summed E-state index contributed by atoms with van der Waals surface area (Å²) < 4.78 is 5.71. The number of rotatable bonds is 5. The quantitative estimate of drug-likeness (QED) is 0.732. The Bertz CT molecular complexity index is 960. The Hall–Kier alpha value is -3.17. The van der Waals surface area contributed by atoms with E-state index in [9.17, 15) is 4.79 Å². The number of nitrogens with one attached hydrogen (secondary N) is 1. The molecule has 26 heavy (non-hydrogen) atoms. The highest BCUT2D eigenvalue weighted by molar-refractivity contribution is 6.30. The Balaban J connectivity index is 1.78. The molecule has 0 aliphatic carbocycles. The van der Waals surface area contributed by atoms with Crippen molar-refractivity contribution in [1.82, 2.24) is 15.5 Å². The van der Waals surface area contributed by atoms with Crippen LogP contribution in [0.4, 0.5) is 0 Å². The first-order valence-corrected chi connectivity index (χ1v) is 8.39. The largest absolute Gasteiger partial charge is 0.418 e. The van der Waals surface area contributed by atoms with Crippen LogP contribution in [0.25, 0.3) is 11.5 Å². The van der Waals surface area contributed by atoms with Gasteiger partial charge in [-0.25, -0.2) is 0 Å². The molecule has 2 aromatic carbocycles. The van der Waals surface area contributed by atoms with Crippen molar-refractivity contribution in [3.8, 4) is 17.5 Å². The molecule has 3 aromatic rings. The molecule has 1 amide bonds. The summed E-state index contributed by atoms with van der Waals surface area (Å²) in [6, 6.07) is 15.2. The van der Waals surface area contributed by atoms with E-state index in [0.29, 0.717) is 39.9 Å². The van der Waals surface area contributed by atoms with Crippen molar-refractivity contribution in [3.05, 3.63) is 70.6 Å². The van der Waals surface area contributed by atoms with Crippen LogP contribution in [0.5, 0.6) is 0 Å². The number of carbonyl (C=O) groups excluding carboxylic acids is 1. The van der Waals surface area contributed by atoms with Crippen LogP contribution in [0.1, 0.15) is 41.2 Å². The zero-order chi connectivity index (χ0) is 18.5. The molecule has 0 bridgehead atoms. The molecular weight excluding hydrogens is 352 g/mol. The normalized spacial score (nSPS) is 11.6. The summed E-state index contributed by atoms with van der Waals surface area (Å²) in [5, 5.41) is 20.5. The van der Waals surface area contributed by atoms with Crippen LogP contribution in [0.15, 0.2) is 52.9 Å². The van der Waals surface area contributed by atoms with Gasteiger partial charge < -0.3 is 9.73 Å². The van der Waals surface area contributed by atoms with Crippen LogP contribution in [-0.2, 0) is 0 Å². The standard InChI is InChI=1S/C19H15ClN4O2/c1-2-16(22-17(25)13-6-8-15(20)9-7-13)19-24-23-18(26-19)14-5-3-4-12(10-14)11-21/h3-10,16H,2H2,1H3,(H,22,25)/t16-/m1/s1. The Morgan fingerprint density at radius 1 is 1.27 bits per heavy atom. The first kappa shape index (κ1) is 17.6.